The molecule has 0 radical (unpaired) electrons. The number of carboxylic acid groups (broad SMARTS) is 1. The number of nitrogens with zero attached hydrogens (tertiary/aromatic N) is 2. The first-order valence-corrected chi connectivity index (χ1v) is 4.62. The summed E-state index contributed by atoms with van der Waals surface area (Å²) in [5.74, 6) is -0.459. The molecule has 2 N–H and O–H groups in total. The van der Waals surface area contributed by atoms with E-state index < -0.39 is 5.97 Å². The maximum atomic E-state index is 10.6. The van der Waals surface area contributed by atoms with Gasteiger partial charge in [0.15, 0.2) is 4.77 Å². The Morgan fingerprint density at radius 1 is 1.64 bits per heavy atom. The van der Waals surface area contributed by atoms with E-state index in [1.54, 1.807) is 4.57 Å². The summed E-state index contributed by atoms with van der Waals surface area (Å²) in [6.07, 6.45) is -0.121. The molecule has 0 atom stereocenters. The number of H-pyrrole nitrogens is 1. The summed E-state index contributed by atoms with van der Waals surface area (Å²) in [5, 5.41) is 15.2. The maximum absolute atomic E-state index is 10.6. The van der Waals surface area contributed by atoms with E-state index in [1.807, 2.05) is 20.8 Å². The van der Waals surface area contributed by atoms with Crippen molar-refractivity contribution in [3.05, 3.63) is 10.6 Å². The van der Waals surface area contributed by atoms with Crippen LogP contribution in [-0.4, -0.2) is 25.8 Å². The van der Waals surface area contributed by atoms with Crippen molar-refractivity contribution in [2.45, 2.75) is 32.7 Å². The van der Waals surface area contributed by atoms with Gasteiger partial charge in [-0.15, -0.1) is 0 Å². The molecule has 0 amide bonds. The maximum Gasteiger partial charge on any atom is 0.311 e. The molecular weight excluding hydrogens is 202 g/mol. The van der Waals surface area contributed by atoms with Crippen molar-refractivity contribution in [1.82, 2.24) is 14.8 Å². The third-order valence-electron chi connectivity index (χ3n) is 1.72. The Morgan fingerprint density at radius 3 is 2.64 bits per heavy atom. The first-order chi connectivity index (χ1) is 6.32. The topological polar surface area (TPSA) is 70.9 Å². The van der Waals surface area contributed by atoms with E-state index in [0.29, 0.717) is 10.6 Å². The number of carboxylic acids is 1. The zero-order chi connectivity index (χ0) is 10.9. The molecule has 0 aromatic carbocycles. The van der Waals surface area contributed by atoms with Gasteiger partial charge in [0.25, 0.3) is 0 Å². The number of carbonyl (C=O) groups is 1. The number of hydrogen-bond acceptors (Lipinski definition) is 3. The van der Waals surface area contributed by atoms with Crippen LogP contribution in [0, 0.1) is 4.77 Å². The van der Waals surface area contributed by atoms with Gasteiger partial charge in [0.05, 0.1) is 0 Å². The number of aromatic nitrogens is 3. The first kappa shape index (κ1) is 10.9. The van der Waals surface area contributed by atoms with Crippen molar-refractivity contribution >= 4 is 18.2 Å². The number of hydrogen-bond donors (Lipinski definition) is 2. The predicted octanol–water partition coefficient (Wildman–Crippen LogP) is 1.32. The van der Waals surface area contributed by atoms with E-state index in [9.17, 15) is 4.79 Å². The van der Waals surface area contributed by atoms with Crippen LogP contribution >= 0.6 is 12.2 Å². The number of nitrogens with one attached hydrogen (secondary N) is 1. The second-order valence-electron chi connectivity index (χ2n) is 4.02. The minimum Gasteiger partial charge on any atom is -0.481 e. The highest BCUT2D eigenvalue weighted by Gasteiger charge is 2.20. The molecule has 0 aliphatic carbocycles. The van der Waals surface area contributed by atoms with Crippen molar-refractivity contribution in [3.63, 3.8) is 0 Å². The summed E-state index contributed by atoms with van der Waals surface area (Å²) in [6, 6.07) is 0. The second kappa shape index (κ2) is 3.53. The van der Waals surface area contributed by atoms with Crippen LogP contribution in [0.1, 0.15) is 26.6 Å². The van der Waals surface area contributed by atoms with Gasteiger partial charge in [-0.25, -0.2) is 0 Å². The van der Waals surface area contributed by atoms with Crippen LogP contribution < -0.4 is 0 Å². The van der Waals surface area contributed by atoms with Gasteiger partial charge in [-0.2, -0.15) is 5.10 Å². The van der Waals surface area contributed by atoms with Gasteiger partial charge >= 0.3 is 5.97 Å². The van der Waals surface area contributed by atoms with Gasteiger partial charge in [0, 0.05) is 5.54 Å². The highest BCUT2D eigenvalue weighted by atomic mass is 32.1. The lowest BCUT2D eigenvalue weighted by atomic mass is 10.1. The normalized spacial score (nSPS) is 11.6. The standard InChI is InChI=1S/C8H13N3O2S/c1-8(2,3)11-5(4-6(12)13)9-10-7(11)14/h4H2,1-3H3,(H,10,14)(H,12,13). The van der Waals surface area contributed by atoms with Gasteiger partial charge in [-0.1, -0.05) is 0 Å². The molecule has 5 nitrogen and oxygen atoms in total. The van der Waals surface area contributed by atoms with Crippen LogP contribution in [0.3, 0.4) is 0 Å². The van der Waals surface area contributed by atoms with Crippen LogP contribution in [-0.2, 0) is 16.8 Å². The van der Waals surface area contributed by atoms with Crippen LogP contribution in [0.5, 0.6) is 0 Å². The Labute approximate surface area is 86.8 Å². The molecule has 0 spiro atoms. The summed E-state index contributed by atoms with van der Waals surface area (Å²) >= 11 is 5.03. The van der Waals surface area contributed by atoms with Gasteiger partial charge < -0.3 is 5.11 Å². The number of aromatic amines is 1. The smallest absolute Gasteiger partial charge is 0.311 e. The largest absolute Gasteiger partial charge is 0.481 e. The summed E-state index contributed by atoms with van der Waals surface area (Å²) in [7, 11) is 0. The minimum atomic E-state index is -0.912. The first-order valence-electron chi connectivity index (χ1n) is 4.21. The number of aliphatic carboxylic acids is 1. The Morgan fingerprint density at radius 2 is 2.21 bits per heavy atom. The lowest BCUT2D eigenvalue weighted by Crippen LogP contribution is -2.25. The van der Waals surface area contributed by atoms with Crippen LogP contribution in [0.2, 0.25) is 0 Å². The number of rotatable bonds is 2. The molecule has 1 heterocycles. The Kier molecular flexibility index (Phi) is 2.75. The van der Waals surface area contributed by atoms with Crippen molar-refractivity contribution < 1.29 is 9.90 Å². The second-order valence-corrected chi connectivity index (χ2v) is 4.41. The molecule has 6 heteroatoms. The Balaban J connectivity index is 3.20. The van der Waals surface area contributed by atoms with Crippen molar-refractivity contribution in [2.24, 2.45) is 0 Å². The van der Waals surface area contributed by atoms with E-state index in [1.165, 1.54) is 0 Å². The zero-order valence-corrected chi connectivity index (χ0v) is 9.18. The molecule has 0 aliphatic rings. The molecule has 0 saturated heterocycles. The molecule has 0 saturated carbocycles. The van der Waals surface area contributed by atoms with Gasteiger partial charge in [0.2, 0.25) is 0 Å². The molecular formula is C8H13N3O2S. The highest BCUT2D eigenvalue weighted by molar-refractivity contribution is 7.71. The van der Waals surface area contributed by atoms with Gasteiger partial charge in [-0.05, 0) is 33.0 Å². The third kappa shape index (κ3) is 2.20. The van der Waals surface area contributed by atoms with Gasteiger partial charge in [0.1, 0.15) is 12.2 Å². The molecule has 0 bridgehead atoms. The highest BCUT2D eigenvalue weighted by Crippen LogP contribution is 2.16. The third-order valence-corrected chi connectivity index (χ3v) is 2.00. The van der Waals surface area contributed by atoms with E-state index in [2.05, 4.69) is 10.2 Å². The zero-order valence-electron chi connectivity index (χ0n) is 8.37. The molecule has 0 fully saturated rings. The summed E-state index contributed by atoms with van der Waals surface area (Å²) in [4.78, 5) is 10.6. The fourth-order valence-corrected chi connectivity index (χ4v) is 1.70. The van der Waals surface area contributed by atoms with Crippen LogP contribution in [0.25, 0.3) is 0 Å². The molecule has 0 unspecified atom stereocenters. The molecule has 0 aliphatic heterocycles. The fraction of sp³-hybridized carbons (Fsp3) is 0.625. The molecule has 14 heavy (non-hydrogen) atoms. The minimum absolute atomic E-state index is 0.121. The summed E-state index contributed by atoms with van der Waals surface area (Å²) in [5.41, 5.74) is -0.255. The van der Waals surface area contributed by atoms with Gasteiger partial charge in [-0.3, -0.25) is 14.5 Å². The van der Waals surface area contributed by atoms with Crippen LogP contribution in [0.4, 0.5) is 0 Å². The van der Waals surface area contributed by atoms with Crippen molar-refractivity contribution in [3.8, 4) is 0 Å². The lowest BCUT2D eigenvalue weighted by Gasteiger charge is -2.21. The van der Waals surface area contributed by atoms with E-state index in [-0.39, 0.29) is 12.0 Å². The Hall–Kier alpha value is -1.17. The lowest BCUT2D eigenvalue weighted by molar-refractivity contribution is -0.136. The fourth-order valence-electron chi connectivity index (χ4n) is 1.28. The molecule has 1 aromatic rings. The average Bonchev–Trinajstić information content (AvgIpc) is 2.28. The van der Waals surface area contributed by atoms with E-state index >= 15 is 0 Å². The Bertz CT molecular complexity index is 399. The van der Waals surface area contributed by atoms with E-state index in [0.717, 1.165) is 0 Å². The SMILES string of the molecule is CC(C)(C)n1c(CC(=O)O)n[nH]c1=S. The molecule has 1 aromatic heterocycles. The predicted molar refractivity (Wildman–Crippen MR) is 53.7 cm³/mol. The molecule has 1 rings (SSSR count). The van der Waals surface area contributed by atoms with Crippen molar-refractivity contribution in [2.75, 3.05) is 0 Å². The summed E-state index contributed by atoms with van der Waals surface area (Å²) in [6.45, 7) is 5.84. The van der Waals surface area contributed by atoms with Crippen molar-refractivity contribution in [1.29, 1.82) is 0 Å². The quantitative estimate of drug-likeness (QED) is 0.730. The molecule has 78 valence electrons. The van der Waals surface area contributed by atoms with E-state index in [4.69, 9.17) is 17.3 Å². The average molecular weight is 215 g/mol. The van der Waals surface area contributed by atoms with Crippen LogP contribution in [0.15, 0.2) is 0 Å². The monoisotopic (exact) mass is 215 g/mol. The summed E-state index contributed by atoms with van der Waals surface area (Å²) < 4.78 is 2.17.